The van der Waals surface area contributed by atoms with E-state index in [-0.39, 0.29) is 19.6 Å². The van der Waals surface area contributed by atoms with Gasteiger partial charge in [0.15, 0.2) is 5.82 Å². The van der Waals surface area contributed by atoms with Crippen LogP contribution < -0.4 is 4.72 Å². The fourth-order valence-corrected chi connectivity index (χ4v) is 2.32. The number of aliphatic hydroxyl groups is 1. The summed E-state index contributed by atoms with van der Waals surface area (Å²) in [6, 6.07) is 2.32. The number of aliphatic hydroxyl groups excluding tert-OH is 1. The zero-order chi connectivity index (χ0) is 13.6. The molecule has 0 radical (unpaired) electrons. The van der Waals surface area contributed by atoms with E-state index in [0.29, 0.717) is 0 Å². The van der Waals surface area contributed by atoms with Crippen LogP contribution in [0.4, 0.5) is 4.39 Å². The molecule has 1 heterocycles. The van der Waals surface area contributed by atoms with Gasteiger partial charge >= 0.3 is 0 Å². The molecule has 2 N–H and O–H groups in total. The molecule has 1 rings (SSSR count). The number of methoxy groups -OCH3 is 1. The molecule has 1 aromatic heterocycles. The molecule has 0 aliphatic heterocycles. The molecular weight excluding hydrogens is 263 g/mol. The second-order valence-electron chi connectivity index (χ2n) is 3.59. The Hall–Kier alpha value is -1.09. The molecule has 0 bridgehead atoms. The van der Waals surface area contributed by atoms with E-state index < -0.39 is 27.0 Å². The van der Waals surface area contributed by atoms with Crippen molar-refractivity contribution < 1.29 is 22.7 Å². The summed E-state index contributed by atoms with van der Waals surface area (Å²) in [5.74, 6) is -0.914. The van der Waals surface area contributed by atoms with Crippen molar-refractivity contribution in [2.45, 2.75) is 17.6 Å². The van der Waals surface area contributed by atoms with Crippen molar-refractivity contribution in [2.24, 2.45) is 0 Å². The Kier molecular flexibility index (Phi) is 5.60. The van der Waals surface area contributed by atoms with E-state index in [2.05, 4.69) is 9.71 Å². The molecule has 0 aliphatic rings. The number of hydrogen-bond acceptors (Lipinski definition) is 5. The van der Waals surface area contributed by atoms with Gasteiger partial charge in [0.05, 0.1) is 12.7 Å². The monoisotopic (exact) mass is 278 g/mol. The lowest BCUT2D eigenvalue weighted by atomic mass is 10.3. The zero-order valence-electron chi connectivity index (χ0n) is 9.84. The zero-order valence-corrected chi connectivity index (χ0v) is 10.7. The Balaban J connectivity index is 2.59. The van der Waals surface area contributed by atoms with Crippen LogP contribution in [0.3, 0.4) is 0 Å². The molecule has 18 heavy (non-hydrogen) atoms. The van der Waals surface area contributed by atoms with Crippen molar-refractivity contribution in [1.82, 2.24) is 9.71 Å². The van der Waals surface area contributed by atoms with Crippen molar-refractivity contribution in [3.63, 3.8) is 0 Å². The summed E-state index contributed by atoms with van der Waals surface area (Å²) in [4.78, 5) is 3.47. The minimum atomic E-state index is -3.99. The van der Waals surface area contributed by atoms with Crippen LogP contribution >= 0.6 is 0 Å². The quantitative estimate of drug-likeness (QED) is 0.727. The normalized spacial score (nSPS) is 13.5. The van der Waals surface area contributed by atoms with Gasteiger partial charge in [0.1, 0.15) is 0 Å². The van der Waals surface area contributed by atoms with Crippen LogP contribution in [-0.4, -0.2) is 44.9 Å². The maximum Gasteiger partial charge on any atom is 0.261 e. The molecule has 1 aromatic rings. The number of halogens is 1. The summed E-state index contributed by atoms with van der Waals surface area (Å²) in [6.45, 7) is 0.0859. The van der Waals surface area contributed by atoms with E-state index in [9.17, 15) is 17.9 Å². The van der Waals surface area contributed by atoms with Gasteiger partial charge in [-0.1, -0.05) is 0 Å². The van der Waals surface area contributed by atoms with Crippen LogP contribution in [0.15, 0.2) is 23.4 Å². The summed E-state index contributed by atoms with van der Waals surface area (Å²) >= 11 is 0. The lowest BCUT2D eigenvalue weighted by molar-refractivity contribution is 0.0603. The van der Waals surface area contributed by atoms with Gasteiger partial charge in [-0.3, -0.25) is 0 Å². The van der Waals surface area contributed by atoms with Crippen molar-refractivity contribution in [3.05, 3.63) is 24.1 Å². The fraction of sp³-hybridized carbons (Fsp3) is 0.500. The number of hydrogen-bond donors (Lipinski definition) is 2. The summed E-state index contributed by atoms with van der Waals surface area (Å²) in [7, 11) is -2.56. The highest BCUT2D eigenvalue weighted by Crippen LogP contribution is 2.09. The smallest absolute Gasteiger partial charge is 0.261 e. The average molecular weight is 278 g/mol. The fourth-order valence-electron chi connectivity index (χ4n) is 1.27. The highest BCUT2D eigenvalue weighted by Gasteiger charge is 2.20. The predicted molar refractivity (Wildman–Crippen MR) is 61.9 cm³/mol. The van der Waals surface area contributed by atoms with E-state index in [1.165, 1.54) is 19.4 Å². The molecule has 6 nitrogen and oxygen atoms in total. The first kappa shape index (κ1) is 15.0. The van der Waals surface area contributed by atoms with Crippen LogP contribution in [0.1, 0.15) is 6.42 Å². The number of aromatic nitrogens is 1. The third-order valence-corrected chi connectivity index (χ3v) is 3.50. The second kappa shape index (κ2) is 6.74. The summed E-state index contributed by atoms with van der Waals surface area (Å²) in [5, 5.41) is 8.67. The lowest BCUT2D eigenvalue weighted by Gasteiger charge is -2.10. The van der Waals surface area contributed by atoms with Gasteiger partial charge < -0.3 is 9.84 Å². The van der Waals surface area contributed by atoms with Crippen LogP contribution in [0.2, 0.25) is 0 Å². The predicted octanol–water partition coefficient (Wildman–Crippen LogP) is -0.104. The van der Waals surface area contributed by atoms with Gasteiger partial charge in [0.2, 0.25) is 5.03 Å². The molecule has 1 unspecified atom stereocenters. The SMILES string of the molecule is COCC(O)CCNS(=O)(=O)c1ncccc1F. The molecule has 0 aromatic carbocycles. The van der Waals surface area contributed by atoms with Gasteiger partial charge in [-0.05, 0) is 18.6 Å². The summed E-state index contributed by atoms with van der Waals surface area (Å²) in [5.41, 5.74) is 0. The van der Waals surface area contributed by atoms with E-state index in [1.807, 2.05) is 0 Å². The van der Waals surface area contributed by atoms with Gasteiger partial charge in [-0.2, -0.15) is 0 Å². The van der Waals surface area contributed by atoms with Crippen molar-refractivity contribution in [3.8, 4) is 0 Å². The Morgan fingerprint density at radius 2 is 2.33 bits per heavy atom. The third kappa shape index (κ3) is 4.30. The lowest BCUT2D eigenvalue weighted by Crippen LogP contribution is -2.29. The number of nitrogens with one attached hydrogen (secondary N) is 1. The maximum atomic E-state index is 13.2. The standard InChI is InChI=1S/C10H15FN2O4S/c1-17-7-8(14)4-6-13-18(15,16)10-9(11)3-2-5-12-10/h2-3,5,8,13-14H,4,6-7H2,1H3. The van der Waals surface area contributed by atoms with E-state index in [0.717, 1.165) is 6.07 Å². The topological polar surface area (TPSA) is 88.5 Å². The maximum absolute atomic E-state index is 13.2. The van der Waals surface area contributed by atoms with Crippen LogP contribution in [0, 0.1) is 5.82 Å². The Labute approximate surface area is 105 Å². The van der Waals surface area contributed by atoms with E-state index >= 15 is 0 Å². The van der Waals surface area contributed by atoms with Crippen molar-refractivity contribution in [2.75, 3.05) is 20.3 Å². The Morgan fingerprint density at radius 1 is 1.61 bits per heavy atom. The first-order valence-corrected chi connectivity index (χ1v) is 6.73. The largest absolute Gasteiger partial charge is 0.391 e. The highest BCUT2D eigenvalue weighted by atomic mass is 32.2. The van der Waals surface area contributed by atoms with Crippen molar-refractivity contribution in [1.29, 1.82) is 0 Å². The van der Waals surface area contributed by atoms with Gasteiger partial charge in [0.25, 0.3) is 10.0 Å². The van der Waals surface area contributed by atoms with Crippen LogP contribution in [-0.2, 0) is 14.8 Å². The average Bonchev–Trinajstić information content (AvgIpc) is 2.29. The molecular formula is C10H15FN2O4S. The molecule has 0 amide bonds. The minimum Gasteiger partial charge on any atom is -0.391 e. The number of pyridine rings is 1. The highest BCUT2D eigenvalue weighted by molar-refractivity contribution is 7.89. The van der Waals surface area contributed by atoms with Gasteiger partial charge in [-0.15, -0.1) is 0 Å². The molecule has 0 saturated heterocycles. The molecule has 0 aliphatic carbocycles. The number of nitrogens with zero attached hydrogens (tertiary/aromatic N) is 1. The van der Waals surface area contributed by atoms with E-state index in [1.54, 1.807) is 0 Å². The number of ether oxygens (including phenoxy) is 1. The number of rotatable bonds is 7. The summed E-state index contributed by atoms with van der Waals surface area (Å²) in [6.07, 6.45) is 0.588. The molecule has 1 atom stereocenters. The van der Waals surface area contributed by atoms with Crippen molar-refractivity contribution >= 4 is 10.0 Å². The third-order valence-electron chi connectivity index (χ3n) is 2.11. The molecule has 0 saturated carbocycles. The van der Waals surface area contributed by atoms with Gasteiger partial charge in [0, 0.05) is 19.9 Å². The van der Waals surface area contributed by atoms with Crippen LogP contribution in [0.5, 0.6) is 0 Å². The second-order valence-corrected chi connectivity index (χ2v) is 5.27. The first-order valence-electron chi connectivity index (χ1n) is 5.24. The molecule has 8 heteroatoms. The van der Waals surface area contributed by atoms with E-state index in [4.69, 9.17) is 4.74 Å². The van der Waals surface area contributed by atoms with Crippen LogP contribution in [0.25, 0.3) is 0 Å². The Bertz CT molecular complexity index is 481. The molecule has 102 valence electrons. The molecule has 0 spiro atoms. The minimum absolute atomic E-state index is 0.0249. The Morgan fingerprint density at radius 3 is 2.94 bits per heavy atom. The molecule has 0 fully saturated rings. The summed E-state index contributed by atoms with van der Waals surface area (Å²) < 4.78 is 43.4. The van der Waals surface area contributed by atoms with Gasteiger partial charge in [-0.25, -0.2) is 22.5 Å². The number of sulfonamides is 1. The first-order chi connectivity index (χ1) is 8.47.